The minimum absolute atomic E-state index is 0.0777. The molecule has 0 radical (unpaired) electrons. The fourth-order valence-corrected chi connectivity index (χ4v) is 5.86. The van der Waals surface area contributed by atoms with E-state index < -0.39 is 0 Å². The molecule has 1 fully saturated rings. The molecule has 0 bridgehead atoms. The zero-order valence-electron chi connectivity index (χ0n) is 18.6. The van der Waals surface area contributed by atoms with E-state index in [2.05, 4.69) is 10.6 Å². The van der Waals surface area contributed by atoms with Crippen molar-refractivity contribution in [1.82, 2.24) is 15.3 Å². The van der Waals surface area contributed by atoms with Gasteiger partial charge in [-0.05, 0) is 43.9 Å². The Kier molecular flexibility index (Phi) is 6.08. The topological polar surface area (TPSA) is 70.2 Å². The maximum absolute atomic E-state index is 12.9. The van der Waals surface area contributed by atoms with Crippen LogP contribution in [0.3, 0.4) is 0 Å². The van der Waals surface area contributed by atoms with Gasteiger partial charge in [0, 0.05) is 41.7 Å². The van der Waals surface area contributed by atoms with Crippen molar-refractivity contribution in [3.8, 4) is 0 Å². The first-order chi connectivity index (χ1) is 16.0. The summed E-state index contributed by atoms with van der Waals surface area (Å²) in [6.07, 6.45) is 3.69. The van der Waals surface area contributed by atoms with Crippen LogP contribution >= 0.6 is 22.9 Å². The Hall–Kier alpha value is -2.90. The van der Waals surface area contributed by atoms with Crippen LogP contribution in [0.4, 0.5) is 11.8 Å². The summed E-state index contributed by atoms with van der Waals surface area (Å²) in [6, 6.07) is 16.3. The van der Waals surface area contributed by atoms with Crippen molar-refractivity contribution in [2.75, 3.05) is 24.3 Å². The smallest absolute Gasteiger partial charge is 0.263 e. The lowest BCUT2D eigenvalue weighted by atomic mass is 9.91. The van der Waals surface area contributed by atoms with Gasteiger partial charge in [-0.1, -0.05) is 41.9 Å². The highest BCUT2D eigenvalue weighted by atomic mass is 35.5. The molecule has 2 aromatic carbocycles. The molecule has 0 atom stereocenters. The molecule has 0 saturated heterocycles. The zero-order valence-corrected chi connectivity index (χ0v) is 20.2. The molecule has 2 N–H and O–H groups in total. The molecular formula is C25H26ClN5OS. The molecule has 1 amide bonds. The molecule has 5 rings (SSSR count). The van der Waals surface area contributed by atoms with Crippen molar-refractivity contribution in [2.24, 2.45) is 0 Å². The highest BCUT2D eigenvalue weighted by Crippen LogP contribution is 2.35. The van der Waals surface area contributed by atoms with Gasteiger partial charge in [-0.2, -0.15) is 4.98 Å². The molecule has 1 aliphatic rings. The number of fused-ring (bicyclic) bond motifs is 2. The van der Waals surface area contributed by atoms with E-state index in [1.54, 1.807) is 0 Å². The Morgan fingerprint density at radius 3 is 2.36 bits per heavy atom. The van der Waals surface area contributed by atoms with Gasteiger partial charge in [0.15, 0.2) is 0 Å². The van der Waals surface area contributed by atoms with Crippen molar-refractivity contribution >= 4 is 61.6 Å². The van der Waals surface area contributed by atoms with Gasteiger partial charge in [0.25, 0.3) is 5.91 Å². The van der Waals surface area contributed by atoms with Gasteiger partial charge in [-0.3, -0.25) is 4.79 Å². The number of rotatable bonds is 5. The molecule has 4 aromatic rings. The van der Waals surface area contributed by atoms with Crippen LogP contribution in [-0.4, -0.2) is 42.1 Å². The Morgan fingerprint density at radius 2 is 1.64 bits per heavy atom. The van der Waals surface area contributed by atoms with Crippen LogP contribution in [0.2, 0.25) is 5.02 Å². The molecule has 0 aliphatic heterocycles. The number of nitrogens with one attached hydrogen (secondary N) is 2. The van der Waals surface area contributed by atoms with Crippen molar-refractivity contribution in [1.29, 1.82) is 0 Å². The van der Waals surface area contributed by atoms with Crippen molar-refractivity contribution < 1.29 is 4.79 Å². The summed E-state index contributed by atoms with van der Waals surface area (Å²) in [4.78, 5) is 25.0. The van der Waals surface area contributed by atoms with Gasteiger partial charge in [0.2, 0.25) is 5.95 Å². The zero-order chi connectivity index (χ0) is 22.9. The quantitative estimate of drug-likeness (QED) is 0.383. The van der Waals surface area contributed by atoms with Gasteiger partial charge in [-0.15, -0.1) is 11.3 Å². The normalized spacial score (nSPS) is 18.4. The third kappa shape index (κ3) is 4.48. The molecular weight excluding hydrogens is 454 g/mol. The highest BCUT2D eigenvalue weighted by Gasteiger charge is 2.25. The predicted octanol–water partition coefficient (Wildman–Crippen LogP) is 5.72. The SMILES string of the molecule is CN(C)c1nc(N[C@H]2CC[C@@H](NC(=O)c3sc4ccccc4c3Cl)CC2)nc2ccccc12. The number of nitrogens with zero attached hydrogens (tertiary/aromatic N) is 3. The maximum Gasteiger partial charge on any atom is 0.263 e. The fraction of sp³-hybridized carbons (Fsp3) is 0.320. The van der Waals surface area contributed by atoms with Gasteiger partial charge in [-0.25, -0.2) is 4.98 Å². The third-order valence-electron chi connectivity index (χ3n) is 6.14. The van der Waals surface area contributed by atoms with Crippen LogP contribution in [0.15, 0.2) is 48.5 Å². The van der Waals surface area contributed by atoms with Crippen LogP contribution in [0.25, 0.3) is 21.0 Å². The monoisotopic (exact) mass is 479 g/mol. The maximum atomic E-state index is 12.9. The largest absolute Gasteiger partial charge is 0.362 e. The van der Waals surface area contributed by atoms with Crippen molar-refractivity contribution in [3.63, 3.8) is 0 Å². The first-order valence-corrected chi connectivity index (χ1v) is 12.4. The summed E-state index contributed by atoms with van der Waals surface area (Å²) in [5.74, 6) is 1.48. The summed E-state index contributed by atoms with van der Waals surface area (Å²) in [6.45, 7) is 0. The number of para-hydroxylation sites is 1. The van der Waals surface area contributed by atoms with Crippen molar-refractivity contribution in [3.05, 3.63) is 58.4 Å². The first-order valence-electron chi connectivity index (χ1n) is 11.2. The molecule has 2 heterocycles. The molecule has 0 spiro atoms. The van der Waals surface area contributed by atoms with Gasteiger partial charge < -0.3 is 15.5 Å². The van der Waals surface area contributed by atoms with E-state index in [1.807, 2.05) is 67.5 Å². The van der Waals surface area contributed by atoms with E-state index >= 15 is 0 Å². The van der Waals surface area contributed by atoms with Crippen LogP contribution < -0.4 is 15.5 Å². The Balaban J connectivity index is 1.22. The number of hydrogen-bond acceptors (Lipinski definition) is 6. The number of carbonyl (C=O) groups is 1. The predicted molar refractivity (Wildman–Crippen MR) is 138 cm³/mol. The lowest BCUT2D eigenvalue weighted by Crippen LogP contribution is -2.40. The second kappa shape index (κ2) is 9.15. The Bertz CT molecular complexity index is 1310. The molecule has 1 saturated carbocycles. The van der Waals surface area contributed by atoms with Crippen LogP contribution in [0.1, 0.15) is 35.4 Å². The first kappa shape index (κ1) is 21.9. The number of hydrogen-bond donors (Lipinski definition) is 2. The molecule has 8 heteroatoms. The third-order valence-corrected chi connectivity index (χ3v) is 7.82. The highest BCUT2D eigenvalue weighted by molar-refractivity contribution is 7.21. The van der Waals surface area contributed by atoms with Gasteiger partial charge in [0.05, 0.1) is 10.5 Å². The van der Waals surface area contributed by atoms with E-state index in [-0.39, 0.29) is 18.0 Å². The van der Waals surface area contributed by atoms with Crippen LogP contribution in [0, 0.1) is 0 Å². The number of benzene rings is 2. The summed E-state index contributed by atoms with van der Waals surface area (Å²) >= 11 is 7.93. The number of halogens is 1. The second-order valence-corrected chi connectivity index (χ2v) is 10.1. The summed E-state index contributed by atoms with van der Waals surface area (Å²) < 4.78 is 1.04. The lowest BCUT2D eigenvalue weighted by molar-refractivity contribution is 0.0931. The minimum Gasteiger partial charge on any atom is -0.362 e. The van der Waals surface area contributed by atoms with Crippen molar-refractivity contribution in [2.45, 2.75) is 37.8 Å². The van der Waals surface area contributed by atoms with E-state index in [4.69, 9.17) is 21.6 Å². The average molecular weight is 480 g/mol. The molecule has 6 nitrogen and oxygen atoms in total. The molecule has 1 aliphatic carbocycles. The van der Waals surface area contributed by atoms with Crippen LogP contribution in [0.5, 0.6) is 0 Å². The summed E-state index contributed by atoms with van der Waals surface area (Å²) in [5, 5.41) is 9.24. The fourth-order valence-electron chi connectivity index (χ4n) is 4.44. The Morgan fingerprint density at radius 1 is 0.970 bits per heavy atom. The number of anilines is 2. The van der Waals surface area contributed by atoms with Gasteiger partial charge >= 0.3 is 0 Å². The molecule has 33 heavy (non-hydrogen) atoms. The second-order valence-electron chi connectivity index (χ2n) is 8.69. The number of thiophene rings is 1. The standard InChI is InChI=1S/C25H26ClN5OS/c1-31(2)23-17-7-3-5-9-19(17)29-25(30-23)28-16-13-11-15(12-14-16)27-24(32)22-21(26)18-8-4-6-10-20(18)33-22/h3-10,15-16H,11-14H2,1-2H3,(H,27,32)(H,28,29,30)/t15-,16+. The van der Waals surface area contributed by atoms with Gasteiger partial charge in [0.1, 0.15) is 10.7 Å². The minimum atomic E-state index is -0.0777. The molecule has 2 aromatic heterocycles. The number of aromatic nitrogens is 2. The lowest BCUT2D eigenvalue weighted by Gasteiger charge is -2.30. The van der Waals surface area contributed by atoms with E-state index in [0.717, 1.165) is 52.5 Å². The van der Waals surface area contributed by atoms with E-state index in [9.17, 15) is 4.79 Å². The van der Waals surface area contributed by atoms with Crippen LogP contribution in [-0.2, 0) is 0 Å². The molecule has 0 unspecified atom stereocenters. The number of carbonyl (C=O) groups excluding carboxylic acids is 1. The Labute approximate surface area is 202 Å². The molecule has 170 valence electrons. The summed E-state index contributed by atoms with van der Waals surface area (Å²) in [5.41, 5.74) is 0.930. The number of amides is 1. The average Bonchev–Trinajstić information content (AvgIpc) is 3.16. The van der Waals surface area contributed by atoms with E-state index in [1.165, 1.54) is 11.3 Å². The van der Waals surface area contributed by atoms with E-state index in [0.29, 0.717) is 15.8 Å². The summed E-state index contributed by atoms with van der Waals surface area (Å²) in [7, 11) is 3.99.